The molecule has 1 aromatic carbocycles. The Hall–Kier alpha value is -2.28. The smallest absolute Gasteiger partial charge is 0.321 e. The molecule has 3 amide bonds. The van der Waals surface area contributed by atoms with Crippen LogP contribution in [0.15, 0.2) is 18.2 Å². The highest BCUT2D eigenvalue weighted by Gasteiger charge is 2.15. The molecule has 0 aromatic heterocycles. The van der Waals surface area contributed by atoms with Gasteiger partial charge in [0.05, 0.1) is 6.54 Å². The maximum atomic E-state index is 11.7. The van der Waals surface area contributed by atoms with Gasteiger partial charge in [-0.15, -0.1) is 0 Å². The van der Waals surface area contributed by atoms with E-state index in [2.05, 4.69) is 10.6 Å². The van der Waals surface area contributed by atoms with Gasteiger partial charge in [-0.2, -0.15) is 0 Å². The topological polar surface area (TPSA) is 79.9 Å². The van der Waals surface area contributed by atoms with Gasteiger partial charge in [0.15, 0.2) is 11.5 Å². The minimum Gasteiger partial charge on any atom is -0.454 e. The Kier molecular flexibility index (Phi) is 5.60. The molecule has 120 valence electrons. The van der Waals surface area contributed by atoms with Gasteiger partial charge in [-0.1, -0.05) is 13.0 Å². The fourth-order valence-electron chi connectivity index (χ4n) is 2.10. The van der Waals surface area contributed by atoms with Crippen molar-refractivity contribution in [2.45, 2.75) is 19.9 Å². The van der Waals surface area contributed by atoms with E-state index in [-0.39, 0.29) is 19.2 Å². The molecule has 0 saturated heterocycles. The summed E-state index contributed by atoms with van der Waals surface area (Å²) in [5, 5.41) is 4.89. The Morgan fingerprint density at radius 3 is 2.82 bits per heavy atom. The lowest BCUT2D eigenvalue weighted by molar-refractivity contribution is -0.120. The van der Waals surface area contributed by atoms with Crippen molar-refractivity contribution in [2.75, 3.05) is 26.9 Å². The minimum absolute atomic E-state index is 0.133. The number of fused-ring (bicyclic) bond motifs is 1. The molecule has 0 radical (unpaired) electrons. The van der Waals surface area contributed by atoms with Gasteiger partial charge in [-0.05, 0) is 31.2 Å². The van der Waals surface area contributed by atoms with Crippen LogP contribution in [-0.4, -0.2) is 43.8 Å². The zero-order chi connectivity index (χ0) is 15.9. The van der Waals surface area contributed by atoms with Crippen molar-refractivity contribution >= 4 is 11.9 Å². The molecular formula is C15H21N3O4. The normalized spacial score (nSPS) is 12.3. The predicted octanol–water partition coefficient (Wildman–Crippen LogP) is 1.08. The lowest BCUT2D eigenvalue weighted by Crippen LogP contribution is -2.43. The third-order valence-corrected chi connectivity index (χ3v) is 3.09. The number of ether oxygens (including phenoxy) is 2. The molecule has 0 bridgehead atoms. The Labute approximate surface area is 129 Å². The summed E-state index contributed by atoms with van der Waals surface area (Å²) in [6.45, 7) is 3.44. The van der Waals surface area contributed by atoms with Gasteiger partial charge >= 0.3 is 6.03 Å². The SMILES string of the molecule is CCCNC(=O)NC(=O)CN(C)Cc1ccc2c(c1)OCO2. The second-order valence-corrected chi connectivity index (χ2v) is 5.16. The average Bonchev–Trinajstić information content (AvgIpc) is 2.92. The Bertz CT molecular complexity index is 548. The largest absolute Gasteiger partial charge is 0.454 e. The fourth-order valence-corrected chi connectivity index (χ4v) is 2.10. The summed E-state index contributed by atoms with van der Waals surface area (Å²) in [6.07, 6.45) is 0.825. The highest BCUT2D eigenvalue weighted by atomic mass is 16.7. The first-order valence-corrected chi connectivity index (χ1v) is 7.23. The van der Waals surface area contributed by atoms with Crippen molar-refractivity contribution in [3.05, 3.63) is 23.8 Å². The molecule has 0 spiro atoms. The van der Waals surface area contributed by atoms with Gasteiger partial charge in [0.2, 0.25) is 12.7 Å². The van der Waals surface area contributed by atoms with Crippen LogP contribution in [0, 0.1) is 0 Å². The third kappa shape index (κ3) is 4.63. The van der Waals surface area contributed by atoms with E-state index in [0.717, 1.165) is 17.7 Å². The molecule has 1 aliphatic heterocycles. The molecule has 1 aromatic rings. The number of rotatable bonds is 6. The molecule has 1 heterocycles. The van der Waals surface area contributed by atoms with E-state index in [1.54, 1.807) is 0 Å². The van der Waals surface area contributed by atoms with E-state index in [0.29, 0.717) is 18.8 Å². The van der Waals surface area contributed by atoms with Crippen LogP contribution in [0.25, 0.3) is 0 Å². The molecule has 7 nitrogen and oxygen atoms in total. The molecular weight excluding hydrogens is 286 g/mol. The summed E-state index contributed by atoms with van der Waals surface area (Å²) >= 11 is 0. The van der Waals surface area contributed by atoms with E-state index in [1.807, 2.05) is 37.1 Å². The van der Waals surface area contributed by atoms with E-state index >= 15 is 0 Å². The number of carbonyl (C=O) groups excluding carboxylic acids is 2. The molecule has 0 aliphatic carbocycles. The number of benzene rings is 1. The van der Waals surface area contributed by atoms with E-state index in [9.17, 15) is 9.59 Å². The van der Waals surface area contributed by atoms with Crippen LogP contribution in [0.5, 0.6) is 11.5 Å². The lowest BCUT2D eigenvalue weighted by atomic mass is 10.2. The Morgan fingerprint density at radius 1 is 1.27 bits per heavy atom. The summed E-state index contributed by atoms with van der Waals surface area (Å²) in [6, 6.07) is 5.22. The van der Waals surface area contributed by atoms with Crippen LogP contribution in [0.3, 0.4) is 0 Å². The summed E-state index contributed by atoms with van der Waals surface area (Å²) in [5.74, 6) is 1.11. The molecule has 7 heteroatoms. The number of hydrogen-bond acceptors (Lipinski definition) is 5. The van der Waals surface area contributed by atoms with Crippen LogP contribution in [0.1, 0.15) is 18.9 Å². The molecule has 0 saturated carbocycles. The van der Waals surface area contributed by atoms with Crippen molar-refractivity contribution < 1.29 is 19.1 Å². The maximum absolute atomic E-state index is 11.7. The van der Waals surface area contributed by atoms with E-state index in [1.165, 1.54) is 0 Å². The monoisotopic (exact) mass is 307 g/mol. The predicted molar refractivity (Wildman–Crippen MR) is 80.7 cm³/mol. The highest BCUT2D eigenvalue weighted by molar-refractivity contribution is 5.95. The minimum atomic E-state index is -0.455. The fraction of sp³-hybridized carbons (Fsp3) is 0.467. The first kappa shape index (κ1) is 16.1. The van der Waals surface area contributed by atoms with Gasteiger partial charge < -0.3 is 14.8 Å². The van der Waals surface area contributed by atoms with Crippen LogP contribution in [0.2, 0.25) is 0 Å². The maximum Gasteiger partial charge on any atom is 0.321 e. The van der Waals surface area contributed by atoms with Gasteiger partial charge in [0, 0.05) is 13.1 Å². The summed E-state index contributed by atoms with van der Waals surface area (Å²) < 4.78 is 10.6. The molecule has 2 rings (SSSR count). The highest BCUT2D eigenvalue weighted by Crippen LogP contribution is 2.32. The van der Waals surface area contributed by atoms with Crippen LogP contribution < -0.4 is 20.1 Å². The number of imide groups is 1. The van der Waals surface area contributed by atoms with Crippen LogP contribution >= 0.6 is 0 Å². The first-order valence-electron chi connectivity index (χ1n) is 7.23. The van der Waals surface area contributed by atoms with Gasteiger partial charge in [-0.3, -0.25) is 15.0 Å². The van der Waals surface area contributed by atoms with Gasteiger partial charge in [-0.25, -0.2) is 4.79 Å². The molecule has 22 heavy (non-hydrogen) atoms. The zero-order valence-corrected chi connectivity index (χ0v) is 12.8. The van der Waals surface area contributed by atoms with E-state index < -0.39 is 6.03 Å². The van der Waals surface area contributed by atoms with Gasteiger partial charge in [0.25, 0.3) is 0 Å². The van der Waals surface area contributed by atoms with Crippen molar-refractivity contribution in [1.29, 1.82) is 0 Å². The van der Waals surface area contributed by atoms with Crippen molar-refractivity contribution in [3.63, 3.8) is 0 Å². The summed E-state index contributed by atoms with van der Waals surface area (Å²) in [7, 11) is 1.81. The Morgan fingerprint density at radius 2 is 2.05 bits per heavy atom. The van der Waals surface area contributed by atoms with Crippen LogP contribution in [-0.2, 0) is 11.3 Å². The molecule has 1 aliphatic rings. The Balaban J connectivity index is 1.78. The van der Waals surface area contributed by atoms with Crippen molar-refractivity contribution in [2.24, 2.45) is 0 Å². The average molecular weight is 307 g/mol. The van der Waals surface area contributed by atoms with Crippen LogP contribution in [0.4, 0.5) is 4.79 Å². The van der Waals surface area contributed by atoms with E-state index in [4.69, 9.17) is 9.47 Å². The lowest BCUT2D eigenvalue weighted by Gasteiger charge is -2.16. The third-order valence-electron chi connectivity index (χ3n) is 3.09. The second-order valence-electron chi connectivity index (χ2n) is 5.16. The number of urea groups is 1. The molecule has 0 unspecified atom stereocenters. The number of nitrogens with one attached hydrogen (secondary N) is 2. The van der Waals surface area contributed by atoms with Gasteiger partial charge in [0.1, 0.15) is 0 Å². The number of likely N-dealkylation sites (N-methyl/N-ethyl adjacent to an activating group) is 1. The van der Waals surface area contributed by atoms with Crippen molar-refractivity contribution in [3.8, 4) is 11.5 Å². The second kappa shape index (κ2) is 7.65. The standard InChI is InChI=1S/C15H21N3O4/c1-3-6-16-15(20)17-14(19)9-18(2)8-11-4-5-12-13(7-11)22-10-21-12/h4-5,7H,3,6,8-10H2,1-2H3,(H2,16,17,19,20). The van der Waals surface area contributed by atoms with Crippen molar-refractivity contribution in [1.82, 2.24) is 15.5 Å². The molecule has 0 atom stereocenters. The first-order chi connectivity index (χ1) is 10.6. The quantitative estimate of drug-likeness (QED) is 0.822. The number of carbonyl (C=O) groups is 2. The molecule has 0 fully saturated rings. The summed E-state index contributed by atoms with van der Waals surface area (Å²) in [5.41, 5.74) is 1.01. The number of nitrogens with zero attached hydrogens (tertiary/aromatic N) is 1. The zero-order valence-electron chi connectivity index (χ0n) is 12.8. The number of amides is 3. The molecule has 2 N–H and O–H groups in total. The number of hydrogen-bond donors (Lipinski definition) is 2. The summed E-state index contributed by atoms with van der Waals surface area (Å²) in [4.78, 5) is 25.0.